The molecule has 0 spiro atoms. The van der Waals surface area contributed by atoms with Crippen molar-refractivity contribution in [3.63, 3.8) is 0 Å². The van der Waals surface area contributed by atoms with E-state index in [9.17, 15) is 0 Å². The van der Waals surface area contributed by atoms with E-state index in [0.717, 1.165) is 6.42 Å². The Hall–Kier alpha value is -0.120. The van der Waals surface area contributed by atoms with Gasteiger partial charge in [-0.3, -0.25) is 0 Å². The van der Waals surface area contributed by atoms with E-state index in [0.29, 0.717) is 5.92 Å². The molecular formula is C9H18O3. The largest absolute Gasteiger partial charge is 0.394 e. The molecule has 1 heterocycles. The fourth-order valence-corrected chi connectivity index (χ4v) is 1.73. The van der Waals surface area contributed by atoms with Crippen LogP contribution in [0.1, 0.15) is 20.3 Å². The van der Waals surface area contributed by atoms with E-state index in [1.165, 1.54) is 0 Å². The zero-order valence-electron chi connectivity index (χ0n) is 7.99. The molecule has 3 heteroatoms. The Balaban J connectivity index is 2.32. The smallest absolute Gasteiger partial charge is 0.108 e. The summed E-state index contributed by atoms with van der Waals surface area (Å²) < 4.78 is 10.6. The van der Waals surface area contributed by atoms with Gasteiger partial charge in [-0.2, -0.15) is 0 Å². The third-order valence-electron chi connectivity index (χ3n) is 2.61. The Morgan fingerprint density at radius 1 is 1.58 bits per heavy atom. The number of aliphatic hydroxyl groups excluding tert-OH is 1. The van der Waals surface area contributed by atoms with Gasteiger partial charge < -0.3 is 14.6 Å². The molecule has 3 nitrogen and oxygen atoms in total. The lowest BCUT2D eigenvalue weighted by molar-refractivity contribution is 0.0446. The predicted molar refractivity (Wildman–Crippen MR) is 46.0 cm³/mol. The number of epoxide rings is 1. The van der Waals surface area contributed by atoms with E-state index in [-0.39, 0.29) is 24.9 Å². The maximum Gasteiger partial charge on any atom is 0.108 e. The monoisotopic (exact) mass is 174 g/mol. The molecule has 1 aliphatic rings. The van der Waals surface area contributed by atoms with Crippen LogP contribution < -0.4 is 0 Å². The van der Waals surface area contributed by atoms with Gasteiger partial charge in [0.15, 0.2) is 0 Å². The van der Waals surface area contributed by atoms with Gasteiger partial charge in [0.2, 0.25) is 0 Å². The van der Waals surface area contributed by atoms with Gasteiger partial charge in [0, 0.05) is 13.0 Å². The van der Waals surface area contributed by atoms with Crippen molar-refractivity contribution in [1.82, 2.24) is 0 Å². The van der Waals surface area contributed by atoms with E-state index in [2.05, 4.69) is 13.8 Å². The maximum atomic E-state index is 8.79. The lowest BCUT2D eigenvalue weighted by atomic mass is 9.97. The fraction of sp³-hybridized carbons (Fsp3) is 1.00. The summed E-state index contributed by atoms with van der Waals surface area (Å²) in [5, 5.41) is 8.79. The minimum Gasteiger partial charge on any atom is -0.394 e. The molecule has 0 unspecified atom stereocenters. The zero-order valence-corrected chi connectivity index (χ0v) is 7.99. The molecule has 1 fully saturated rings. The number of hydrogen-bond acceptors (Lipinski definition) is 3. The maximum absolute atomic E-state index is 8.79. The van der Waals surface area contributed by atoms with Gasteiger partial charge in [-0.25, -0.2) is 0 Å². The summed E-state index contributed by atoms with van der Waals surface area (Å²) in [5.74, 6) is 0.386. The summed E-state index contributed by atoms with van der Waals surface area (Å²) in [6.07, 6.45) is 1.52. The molecule has 1 rings (SSSR count). The lowest BCUT2D eigenvalue weighted by Crippen LogP contribution is -2.25. The van der Waals surface area contributed by atoms with Gasteiger partial charge in [-0.1, -0.05) is 13.8 Å². The van der Waals surface area contributed by atoms with Gasteiger partial charge in [0.05, 0.1) is 18.8 Å². The summed E-state index contributed by atoms with van der Waals surface area (Å²) in [5.41, 5.74) is 0. The Labute approximate surface area is 73.7 Å². The second-order valence-corrected chi connectivity index (χ2v) is 3.36. The first-order valence-corrected chi connectivity index (χ1v) is 4.53. The highest BCUT2D eigenvalue weighted by molar-refractivity contribution is 4.91. The molecule has 0 aliphatic carbocycles. The quantitative estimate of drug-likeness (QED) is 0.627. The van der Waals surface area contributed by atoms with Crippen molar-refractivity contribution in [3.05, 3.63) is 0 Å². The van der Waals surface area contributed by atoms with Crippen LogP contribution in [0.2, 0.25) is 0 Å². The summed E-state index contributed by atoms with van der Waals surface area (Å²) >= 11 is 0. The number of hydrogen-bond donors (Lipinski definition) is 1. The summed E-state index contributed by atoms with van der Waals surface area (Å²) in [6.45, 7) is 4.34. The van der Waals surface area contributed by atoms with Crippen LogP contribution in [-0.4, -0.2) is 37.1 Å². The van der Waals surface area contributed by atoms with Crippen molar-refractivity contribution in [2.75, 3.05) is 13.7 Å². The molecule has 0 bridgehead atoms. The number of ether oxygens (including phenoxy) is 2. The first-order chi connectivity index (χ1) is 5.74. The van der Waals surface area contributed by atoms with E-state index >= 15 is 0 Å². The standard InChI is InChI=1S/C9H18O3/c1-4-7(11-3)6(2)9-8(5-10)12-9/h6-10H,4-5H2,1-3H3/t6-,7+,8+,9+/m0/s1. The SMILES string of the molecule is CC[C@@H](OC)[C@H](C)[C@H]1O[C@@H]1CO. The van der Waals surface area contributed by atoms with Crippen LogP contribution in [0, 0.1) is 5.92 Å². The van der Waals surface area contributed by atoms with Crippen molar-refractivity contribution >= 4 is 0 Å². The predicted octanol–water partition coefficient (Wildman–Crippen LogP) is 0.807. The molecule has 4 atom stereocenters. The Morgan fingerprint density at radius 3 is 2.58 bits per heavy atom. The van der Waals surface area contributed by atoms with E-state index < -0.39 is 0 Å². The van der Waals surface area contributed by atoms with Crippen molar-refractivity contribution in [3.8, 4) is 0 Å². The molecule has 0 aromatic heterocycles. The molecule has 72 valence electrons. The van der Waals surface area contributed by atoms with Gasteiger partial charge in [0.25, 0.3) is 0 Å². The van der Waals surface area contributed by atoms with Gasteiger partial charge in [-0.05, 0) is 6.42 Å². The first-order valence-electron chi connectivity index (χ1n) is 4.53. The average molecular weight is 174 g/mol. The van der Waals surface area contributed by atoms with E-state index in [1.54, 1.807) is 7.11 Å². The Bertz CT molecular complexity index is 134. The summed E-state index contributed by atoms with van der Waals surface area (Å²) in [4.78, 5) is 0. The second-order valence-electron chi connectivity index (χ2n) is 3.36. The van der Waals surface area contributed by atoms with E-state index in [1.807, 2.05) is 0 Å². The third kappa shape index (κ3) is 1.97. The molecule has 1 saturated heterocycles. The molecular weight excluding hydrogens is 156 g/mol. The normalized spacial score (nSPS) is 33.0. The molecule has 0 aromatic rings. The minimum absolute atomic E-state index is 0.0594. The minimum atomic E-state index is 0.0594. The Kier molecular flexibility index (Phi) is 3.50. The molecule has 0 amide bonds. The molecule has 0 saturated carbocycles. The first kappa shape index (κ1) is 9.96. The zero-order chi connectivity index (χ0) is 9.14. The van der Waals surface area contributed by atoms with Gasteiger partial charge >= 0.3 is 0 Å². The highest BCUT2D eigenvalue weighted by Gasteiger charge is 2.44. The third-order valence-corrected chi connectivity index (χ3v) is 2.61. The highest BCUT2D eigenvalue weighted by Crippen LogP contribution is 2.32. The van der Waals surface area contributed by atoms with Crippen LogP contribution in [0.4, 0.5) is 0 Å². The van der Waals surface area contributed by atoms with Crippen molar-refractivity contribution < 1.29 is 14.6 Å². The van der Waals surface area contributed by atoms with E-state index in [4.69, 9.17) is 14.6 Å². The van der Waals surface area contributed by atoms with Gasteiger partial charge in [-0.15, -0.1) is 0 Å². The van der Waals surface area contributed by atoms with Crippen LogP contribution in [0.3, 0.4) is 0 Å². The average Bonchev–Trinajstić information content (AvgIpc) is 2.85. The van der Waals surface area contributed by atoms with Crippen molar-refractivity contribution in [2.45, 2.75) is 38.6 Å². The Morgan fingerprint density at radius 2 is 2.25 bits per heavy atom. The van der Waals surface area contributed by atoms with Crippen LogP contribution >= 0.6 is 0 Å². The lowest BCUT2D eigenvalue weighted by Gasteiger charge is -2.19. The summed E-state index contributed by atoms with van der Waals surface area (Å²) in [7, 11) is 1.72. The van der Waals surface area contributed by atoms with Crippen LogP contribution in [0.25, 0.3) is 0 Å². The van der Waals surface area contributed by atoms with Crippen molar-refractivity contribution in [2.24, 2.45) is 5.92 Å². The van der Waals surface area contributed by atoms with Crippen molar-refractivity contribution in [1.29, 1.82) is 0 Å². The highest BCUT2D eigenvalue weighted by atomic mass is 16.6. The fourth-order valence-electron chi connectivity index (χ4n) is 1.73. The molecule has 12 heavy (non-hydrogen) atoms. The topological polar surface area (TPSA) is 42.0 Å². The molecule has 0 radical (unpaired) electrons. The molecule has 1 aliphatic heterocycles. The molecule has 0 aromatic carbocycles. The van der Waals surface area contributed by atoms with Gasteiger partial charge in [0.1, 0.15) is 6.10 Å². The van der Waals surface area contributed by atoms with Crippen LogP contribution in [0.15, 0.2) is 0 Å². The molecule has 1 N–H and O–H groups in total. The number of methoxy groups -OCH3 is 1. The summed E-state index contributed by atoms with van der Waals surface area (Å²) in [6, 6.07) is 0. The number of rotatable bonds is 5. The van der Waals surface area contributed by atoms with Crippen LogP contribution in [0.5, 0.6) is 0 Å². The van der Waals surface area contributed by atoms with Crippen LogP contribution in [-0.2, 0) is 9.47 Å². The second kappa shape index (κ2) is 4.21. The number of aliphatic hydroxyl groups is 1.